The summed E-state index contributed by atoms with van der Waals surface area (Å²) in [5.74, 6) is 0. The Morgan fingerprint density at radius 1 is 0.593 bits per heavy atom. The smallest absolute Gasteiger partial charge is 0.140 e. The molecule has 0 bridgehead atoms. The molecule has 1 heteroatoms. The van der Waals surface area contributed by atoms with Crippen LogP contribution >= 0.6 is 0 Å². The predicted molar refractivity (Wildman–Crippen MR) is 122 cm³/mol. The highest BCUT2D eigenvalue weighted by Crippen LogP contribution is 2.33. The van der Waals surface area contributed by atoms with E-state index in [0.717, 1.165) is 4.48 Å². The lowest BCUT2D eigenvalue weighted by atomic mass is 10.0. The van der Waals surface area contributed by atoms with Gasteiger partial charge in [-0.2, -0.15) is 0 Å². The second kappa shape index (κ2) is 12.0. The van der Waals surface area contributed by atoms with Gasteiger partial charge in [-0.05, 0) is 31.0 Å². The van der Waals surface area contributed by atoms with E-state index < -0.39 is 0 Å². The van der Waals surface area contributed by atoms with E-state index in [-0.39, 0.29) is 0 Å². The summed E-state index contributed by atoms with van der Waals surface area (Å²) < 4.78 is 0.814. The van der Waals surface area contributed by atoms with Crippen LogP contribution in [-0.4, -0.2) is 14.1 Å². The topological polar surface area (TPSA) is 0 Å². The van der Waals surface area contributed by atoms with E-state index in [1.807, 2.05) is 0 Å². The van der Waals surface area contributed by atoms with Gasteiger partial charge in [0.15, 0.2) is 0 Å². The van der Waals surface area contributed by atoms with Gasteiger partial charge in [-0.1, -0.05) is 101 Å². The quantitative estimate of drug-likeness (QED) is 0.248. The number of para-hydroxylation sites is 2. The number of quaternary nitrogens is 1. The van der Waals surface area contributed by atoms with Gasteiger partial charge in [0.2, 0.25) is 0 Å². The van der Waals surface area contributed by atoms with Gasteiger partial charge in [-0.25, -0.2) is 0 Å². The van der Waals surface area contributed by atoms with Crippen LogP contribution in [0.25, 0.3) is 0 Å². The first-order valence-corrected chi connectivity index (χ1v) is 11.1. The standard InChI is InChI=1S/C26H40N/c1-4-5-6-7-8-9-10-11-12-14-19-24-20-17-18-23-26(24)27(2,3)25-21-15-13-16-22-25/h13,15-18,20-23H,4-12,14,19H2,1-3H3/q+1. The van der Waals surface area contributed by atoms with Crippen LogP contribution < -0.4 is 4.48 Å². The summed E-state index contributed by atoms with van der Waals surface area (Å²) in [5.41, 5.74) is 4.28. The Kier molecular flexibility index (Phi) is 9.62. The Balaban J connectivity index is 1.78. The summed E-state index contributed by atoms with van der Waals surface area (Å²) in [6, 6.07) is 19.8. The first kappa shape index (κ1) is 21.7. The molecule has 148 valence electrons. The minimum atomic E-state index is 0.814. The molecule has 0 aliphatic rings. The van der Waals surface area contributed by atoms with Crippen LogP contribution in [0.3, 0.4) is 0 Å². The minimum Gasteiger partial charge on any atom is -0.263 e. The van der Waals surface area contributed by atoms with Gasteiger partial charge < -0.3 is 0 Å². The van der Waals surface area contributed by atoms with Crippen molar-refractivity contribution in [3.8, 4) is 0 Å². The molecule has 0 atom stereocenters. The highest BCUT2D eigenvalue weighted by Gasteiger charge is 2.24. The summed E-state index contributed by atoms with van der Waals surface area (Å²) in [6.45, 7) is 2.29. The van der Waals surface area contributed by atoms with E-state index >= 15 is 0 Å². The molecule has 0 N–H and O–H groups in total. The molecule has 0 saturated carbocycles. The number of unbranched alkanes of at least 4 members (excludes halogenated alkanes) is 9. The lowest BCUT2D eigenvalue weighted by molar-refractivity contribution is 0.541. The summed E-state index contributed by atoms with van der Waals surface area (Å²) in [6.07, 6.45) is 15.2. The first-order valence-electron chi connectivity index (χ1n) is 11.1. The fourth-order valence-corrected chi connectivity index (χ4v) is 4.01. The van der Waals surface area contributed by atoms with Crippen LogP contribution in [0.5, 0.6) is 0 Å². The molecule has 0 fully saturated rings. The van der Waals surface area contributed by atoms with Gasteiger partial charge >= 0.3 is 0 Å². The third-order valence-electron chi connectivity index (χ3n) is 5.80. The summed E-state index contributed by atoms with van der Waals surface area (Å²) in [5, 5.41) is 0. The van der Waals surface area contributed by atoms with E-state index in [1.165, 1.54) is 87.6 Å². The highest BCUT2D eigenvalue weighted by molar-refractivity contribution is 5.60. The van der Waals surface area contributed by atoms with Gasteiger partial charge in [-0.15, -0.1) is 0 Å². The van der Waals surface area contributed by atoms with E-state index in [2.05, 4.69) is 75.6 Å². The summed E-state index contributed by atoms with van der Waals surface area (Å²) >= 11 is 0. The predicted octanol–water partition coefficient (Wildman–Crippen LogP) is 8.05. The molecule has 0 heterocycles. The number of nitrogens with zero attached hydrogens (tertiary/aromatic N) is 1. The average Bonchev–Trinajstić information content (AvgIpc) is 2.70. The van der Waals surface area contributed by atoms with Crippen molar-refractivity contribution in [1.82, 2.24) is 4.48 Å². The summed E-state index contributed by atoms with van der Waals surface area (Å²) in [7, 11) is 4.60. The normalized spacial score (nSPS) is 11.7. The zero-order chi connectivity index (χ0) is 19.4. The van der Waals surface area contributed by atoms with E-state index in [4.69, 9.17) is 0 Å². The SMILES string of the molecule is CCCCCCCCCCCCc1ccccc1[N+](C)(C)c1ccccc1. The van der Waals surface area contributed by atoms with Crippen molar-refractivity contribution in [2.75, 3.05) is 14.1 Å². The molecule has 1 nitrogen and oxygen atoms in total. The van der Waals surface area contributed by atoms with Gasteiger partial charge in [-0.3, -0.25) is 4.48 Å². The Hall–Kier alpha value is -1.60. The number of rotatable bonds is 13. The van der Waals surface area contributed by atoms with Gasteiger partial charge in [0.25, 0.3) is 0 Å². The number of hydrogen-bond donors (Lipinski definition) is 0. The third kappa shape index (κ3) is 7.14. The van der Waals surface area contributed by atoms with Gasteiger partial charge in [0.05, 0.1) is 14.1 Å². The van der Waals surface area contributed by atoms with Crippen molar-refractivity contribution in [2.45, 2.75) is 77.6 Å². The minimum absolute atomic E-state index is 0.814. The zero-order valence-corrected chi connectivity index (χ0v) is 17.9. The van der Waals surface area contributed by atoms with Crippen LogP contribution in [0, 0.1) is 0 Å². The molecule has 2 rings (SSSR count). The maximum Gasteiger partial charge on any atom is 0.140 e. The van der Waals surface area contributed by atoms with E-state index in [0.29, 0.717) is 0 Å². The molecule has 2 aromatic rings. The lowest BCUT2D eigenvalue weighted by Gasteiger charge is -2.30. The third-order valence-corrected chi connectivity index (χ3v) is 5.80. The Bertz CT molecular complexity index is 630. The molecule has 0 aliphatic carbocycles. The number of hydrogen-bond acceptors (Lipinski definition) is 0. The molecule has 0 radical (unpaired) electrons. The highest BCUT2D eigenvalue weighted by atomic mass is 15.3. The maximum atomic E-state index is 2.33. The molecule has 0 amide bonds. The zero-order valence-electron chi connectivity index (χ0n) is 17.9. The molecular weight excluding hydrogens is 326 g/mol. The second-order valence-electron chi connectivity index (χ2n) is 8.35. The van der Waals surface area contributed by atoms with Crippen LogP contribution in [-0.2, 0) is 6.42 Å². The van der Waals surface area contributed by atoms with Crippen molar-refractivity contribution in [1.29, 1.82) is 0 Å². The second-order valence-corrected chi connectivity index (χ2v) is 8.35. The average molecular weight is 367 g/mol. The first-order chi connectivity index (χ1) is 13.2. The van der Waals surface area contributed by atoms with Crippen molar-refractivity contribution < 1.29 is 0 Å². The molecule has 0 unspecified atom stereocenters. The molecule has 0 aliphatic heterocycles. The number of benzene rings is 2. The van der Waals surface area contributed by atoms with Crippen molar-refractivity contribution in [3.63, 3.8) is 0 Å². The Morgan fingerprint density at radius 3 is 1.74 bits per heavy atom. The number of aryl methyl sites for hydroxylation is 1. The monoisotopic (exact) mass is 366 g/mol. The summed E-state index contributed by atoms with van der Waals surface area (Å²) in [4.78, 5) is 0. The van der Waals surface area contributed by atoms with Crippen LogP contribution in [0.4, 0.5) is 11.4 Å². The van der Waals surface area contributed by atoms with Crippen molar-refractivity contribution in [2.24, 2.45) is 0 Å². The molecule has 0 aromatic heterocycles. The molecule has 0 saturated heterocycles. The van der Waals surface area contributed by atoms with Gasteiger partial charge in [0.1, 0.15) is 11.4 Å². The van der Waals surface area contributed by atoms with Crippen LogP contribution in [0.15, 0.2) is 54.6 Å². The Labute approximate surface area is 168 Å². The Morgan fingerprint density at radius 2 is 1.11 bits per heavy atom. The van der Waals surface area contributed by atoms with E-state index in [1.54, 1.807) is 0 Å². The van der Waals surface area contributed by atoms with Crippen molar-refractivity contribution in [3.05, 3.63) is 60.2 Å². The largest absolute Gasteiger partial charge is 0.263 e. The van der Waals surface area contributed by atoms with Gasteiger partial charge in [0, 0.05) is 5.56 Å². The fraction of sp³-hybridized carbons (Fsp3) is 0.538. The fourth-order valence-electron chi connectivity index (χ4n) is 4.01. The van der Waals surface area contributed by atoms with E-state index in [9.17, 15) is 0 Å². The molecule has 0 spiro atoms. The molecule has 27 heavy (non-hydrogen) atoms. The van der Waals surface area contributed by atoms with Crippen LogP contribution in [0.1, 0.15) is 76.7 Å². The van der Waals surface area contributed by atoms with Crippen molar-refractivity contribution >= 4 is 11.4 Å². The molecular formula is C26H40N+. The maximum absolute atomic E-state index is 2.33. The van der Waals surface area contributed by atoms with Crippen LogP contribution in [0.2, 0.25) is 0 Å². The lowest BCUT2D eigenvalue weighted by Crippen LogP contribution is -2.35. The molecule has 2 aromatic carbocycles.